The molecule has 5 rings (SSSR count). The summed E-state index contributed by atoms with van der Waals surface area (Å²) < 4.78 is 20.6. The molecule has 1 saturated heterocycles. The predicted molar refractivity (Wildman–Crippen MR) is 163 cm³/mol. The van der Waals surface area contributed by atoms with Gasteiger partial charge in [0.05, 0.1) is 18.2 Å². The molecule has 3 aromatic carbocycles. The molecule has 0 radical (unpaired) electrons. The Balaban J connectivity index is 1.53. The Morgan fingerprint density at radius 2 is 1.83 bits per heavy atom. The Labute approximate surface area is 252 Å². The second kappa shape index (κ2) is 12.9. The average Bonchev–Trinajstić information content (AvgIpc) is 3.54. The minimum atomic E-state index is -0.961. The number of amides is 1. The maximum atomic E-state index is 14.1. The van der Waals surface area contributed by atoms with Crippen molar-refractivity contribution < 1.29 is 23.8 Å². The zero-order valence-corrected chi connectivity index (χ0v) is 25.0. The van der Waals surface area contributed by atoms with Crippen molar-refractivity contribution in [1.82, 2.24) is 10.2 Å². The summed E-state index contributed by atoms with van der Waals surface area (Å²) in [6.45, 7) is 6.67. The summed E-state index contributed by atoms with van der Waals surface area (Å²) in [4.78, 5) is 28.3. The number of hydrogen-bond donors (Lipinski definition) is 1. The number of carbonyl (C=O) groups is 2. The number of anilines is 1. The highest BCUT2D eigenvalue weighted by atomic mass is 32.2. The number of nitrogens with zero attached hydrogens (tertiary/aromatic N) is 3. The summed E-state index contributed by atoms with van der Waals surface area (Å²) in [5, 5.41) is 20.0. The first-order chi connectivity index (χ1) is 20.2. The minimum Gasteiger partial charge on any atom is -0.507 e. The molecule has 42 heavy (non-hydrogen) atoms. The van der Waals surface area contributed by atoms with E-state index in [1.807, 2.05) is 25.1 Å². The Hall–Kier alpha value is -4.02. The first-order valence-corrected chi connectivity index (χ1v) is 15.3. The van der Waals surface area contributed by atoms with Crippen LogP contribution in [0.25, 0.3) is 5.76 Å². The predicted octanol–water partition coefficient (Wildman–Crippen LogP) is 7.33. The van der Waals surface area contributed by atoms with E-state index in [0.717, 1.165) is 23.3 Å². The first-order valence-electron chi connectivity index (χ1n) is 13.5. The zero-order valence-electron chi connectivity index (χ0n) is 23.4. The molecule has 1 amide bonds. The number of aromatic nitrogens is 2. The molecule has 0 saturated carbocycles. The lowest BCUT2D eigenvalue weighted by molar-refractivity contribution is -0.132. The van der Waals surface area contributed by atoms with Crippen molar-refractivity contribution >= 4 is 45.7 Å². The normalized spacial score (nSPS) is 16.4. The number of carbonyl (C=O) groups excluding carboxylic acids is 2. The van der Waals surface area contributed by atoms with Crippen LogP contribution in [-0.4, -0.2) is 33.6 Å². The molecule has 1 unspecified atom stereocenters. The molecule has 2 heterocycles. The van der Waals surface area contributed by atoms with E-state index in [9.17, 15) is 19.1 Å². The molecule has 216 valence electrons. The second-order valence-corrected chi connectivity index (χ2v) is 12.5. The highest BCUT2D eigenvalue weighted by Crippen LogP contribution is 2.44. The summed E-state index contributed by atoms with van der Waals surface area (Å²) in [6, 6.07) is 19.8. The number of hydrogen-bond acceptors (Lipinski definition) is 8. The third-order valence-corrected chi connectivity index (χ3v) is 8.92. The average molecular weight is 604 g/mol. The molecular formula is C32H30FN3O4S2. The summed E-state index contributed by atoms with van der Waals surface area (Å²) >= 11 is 2.41. The van der Waals surface area contributed by atoms with E-state index in [2.05, 4.69) is 24.0 Å². The maximum absolute atomic E-state index is 14.1. The molecule has 4 aromatic rings. The summed E-state index contributed by atoms with van der Waals surface area (Å²) in [5.74, 6) is -0.837. The van der Waals surface area contributed by atoms with Crippen molar-refractivity contribution in [3.05, 3.63) is 106 Å². The van der Waals surface area contributed by atoms with E-state index in [-0.39, 0.29) is 22.3 Å². The molecule has 10 heteroatoms. The van der Waals surface area contributed by atoms with Gasteiger partial charge in [-0.05, 0) is 48.6 Å². The van der Waals surface area contributed by atoms with Crippen molar-refractivity contribution in [3.63, 3.8) is 0 Å². The molecule has 1 aliphatic rings. The fourth-order valence-electron chi connectivity index (χ4n) is 4.51. The van der Waals surface area contributed by atoms with E-state index in [0.29, 0.717) is 45.1 Å². The topological polar surface area (TPSA) is 92.6 Å². The quantitative estimate of drug-likeness (QED) is 0.0667. The van der Waals surface area contributed by atoms with Crippen LogP contribution in [0.4, 0.5) is 9.52 Å². The van der Waals surface area contributed by atoms with Crippen molar-refractivity contribution in [2.75, 3.05) is 11.5 Å². The highest BCUT2D eigenvalue weighted by molar-refractivity contribution is 8.00. The van der Waals surface area contributed by atoms with Crippen LogP contribution in [0.5, 0.6) is 5.75 Å². The summed E-state index contributed by atoms with van der Waals surface area (Å²) in [6.07, 6.45) is 0.869. The Kier molecular flexibility index (Phi) is 9.03. The fourth-order valence-corrected chi connectivity index (χ4v) is 6.37. The SMILES string of the molecule is Cc1ccc(/C(O)=C2\C(=O)C(=O)N(c3nnc(SCc4ccccc4F)s3)C2c2cccc(OCCC(C)C)c2)cc1. The van der Waals surface area contributed by atoms with Crippen LogP contribution < -0.4 is 9.64 Å². The van der Waals surface area contributed by atoms with E-state index < -0.39 is 17.7 Å². The molecule has 1 aliphatic heterocycles. The molecule has 0 bridgehead atoms. The molecule has 1 atom stereocenters. The van der Waals surface area contributed by atoms with Gasteiger partial charge in [-0.1, -0.05) is 97.1 Å². The van der Waals surface area contributed by atoms with Gasteiger partial charge in [0.1, 0.15) is 17.3 Å². The van der Waals surface area contributed by atoms with Crippen LogP contribution >= 0.6 is 23.1 Å². The Morgan fingerprint density at radius 1 is 1.07 bits per heavy atom. The number of ketones is 1. The number of rotatable bonds is 10. The van der Waals surface area contributed by atoms with Gasteiger partial charge in [-0.15, -0.1) is 10.2 Å². The van der Waals surface area contributed by atoms with Gasteiger partial charge in [-0.25, -0.2) is 4.39 Å². The van der Waals surface area contributed by atoms with Gasteiger partial charge in [-0.3, -0.25) is 14.5 Å². The van der Waals surface area contributed by atoms with Gasteiger partial charge >= 0.3 is 5.91 Å². The van der Waals surface area contributed by atoms with Crippen LogP contribution in [0.2, 0.25) is 0 Å². The van der Waals surface area contributed by atoms with E-state index in [1.165, 1.54) is 22.7 Å². The number of benzene rings is 3. The van der Waals surface area contributed by atoms with Crippen molar-refractivity contribution in [3.8, 4) is 5.75 Å². The summed E-state index contributed by atoms with van der Waals surface area (Å²) in [5.41, 5.74) is 2.47. The first kappa shape index (κ1) is 29.5. The third-order valence-electron chi connectivity index (χ3n) is 6.82. The lowest BCUT2D eigenvalue weighted by Crippen LogP contribution is -2.29. The van der Waals surface area contributed by atoms with Gasteiger partial charge in [0.25, 0.3) is 5.78 Å². The molecule has 1 fully saturated rings. The number of thioether (sulfide) groups is 1. The zero-order chi connectivity index (χ0) is 29.8. The van der Waals surface area contributed by atoms with Gasteiger partial charge in [0.15, 0.2) is 4.34 Å². The monoisotopic (exact) mass is 603 g/mol. The van der Waals surface area contributed by atoms with Gasteiger partial charge in [0, 0.05) is 11.3 Å². The molecule has 1 aromatic heterocycles. The van der Waals surface area contributed by atoms with Crippen LogP contribution in [0.1, 0.15) is 48.6 Å². The van der Waals surface area contributed by atoms with E-state index >= 15 is 0 Å². The minimum absolute atomic E-state index is 0.0426. The number of aryl methyl sites for hydroxylation is 1. The van der Waals surface area contributed by atoms with Crippen LogP contribution in [-0.2, 0) is 15.3 Å². The molecular weight excluding hydrogens is 574 g/mol. The maximum Gasteiger partial charge on any atom is 0.301 e. The Morgan fingerprint density at radius 3 is 2.57 bits per heavy atom. The van der Waals surface area contributed by atoms with Crippen LogP contribution in [0, 0.1) is 18.7 Å². The molecule has 1 N–H and O–H groups in total. The smallest absolute Gasteiger partial charge is 0.301 e. The van der Waals surface area contributed by atoms with Crippen LogP contribution in [0.15, 0.2) is 82.7 Å². The van der Waals surface area contributed by atoms with Crippen molar-refractivity contribution in [1.29, 1.82) is 0 Å². The second-order valence-electron chi connectivity index (χ2n) is 10.4. The number of halogens is 1. The van der Waals surface area contributed by atoms with Gasteiger partial charge in [0.2, 0.25) is 5.13 Å². The van der Waals surface area contributed by atoms with Crippen molar-refractivity contribution in [2.45, 2.75) is 43.3 Å². The largest absolute Gasteiger partial charge is 0.507 e. The third kappa shape index (κ3) is 6.39. The number of ether oxygens (including phenoxy) is 1. The van der Waals surface area contributed by atoms with E-state index in [4.69, 9.17) is 4.74 Å². The number of aliphatic hydroxyl groups is 1. The fraction of sp³-hybridized carbons (Fsp3) is 0.250. The molecule has 0 spiro atoms. The molecule has 0 aliphatic carbocycles. The lowest BCUT2D eigenvalue weighted by Gasteiger charge is -2.23. The van der Waals surface area contributed by atoms with Crippen molar-refractivity contribution in [2.24, 2.45) is 5.92 Å². The van der Waals surface area contributed by atoms with Gasteiger partial charge in [-0.2, -0.15) is 0 Å². The van der Waals surface area contributed by atoms with Gasteiger partial charge < -0.3 is 9.84 Å². The highest BCUT2D eigenvalue weighted by Gasteiger charge is 2.48. The summed E-state index contributed by atoms with van der Waals surface area (Å²) in [7, 11) is 0. The number of aliphatic hydroxyl groups excluding tert-OH is 1. The Bertz CT molecular complexity index is 1630. The van der Waals surface area contributed by atoms with Crippen LogP contribution in [0.3, 0.4) is 0 Å². The standard InChI is InChI=1S/C32H30FN3O4S2/c1-19(2)15-16-40-24-9-6-8-22(17-24)27-26(28(37)21-13-11-20(3)12-14-21)29(38)30(39)36(27)31-34-35-32(42-31)41-18-23-7-4-5-10-25(23)33/h4-14,17,19,27,37H,15-16,18H2,1-3H3/b28-26+. The number of Topliss-reactive ketones (excluding diaryl/α,β-unsaturated/α-hetero) is 1. The molecule has 7 nitrogen and oxygen atoms in total. The van der Waals surface area contributed by atoms with E-state index in [1.54, 1.807) is 48.5 Å². The lowest BCUT2D eigenvalue weighted by atomic mass is 9.95.